The third kappa shape index (κ3) is 2.10. The normalized spacial score (nSPS) is 11.2. The van der Waals surface area contributed by atoms with Crippen LogP contribution >= 0.6 is 0 Å². The molecule has 0 atom stereocenters. The SMILES string of the molecule is Cn1nc2cccc(N/N=C(\C#N)C(=N)N)c2n1. The van der Waals surface area contributed by atoms with Crippen LogP contribution in [0, 0.1) is 16.7 Å². The number of aryl methyl sites for hydroxylation is 1. The molecule has 8 heteroatoms. The predicted molar refractivity (Wildman–Crippen MR) is 67.1 cm³/mol. The lowest BCUT2D eigenvalue weighted by atomic mass is 10.3. The summed E-state index contributed by atoms with van der Waals surface area (Å²) in [7, 11) is 1.71. The maximum absolute atomic E-state index is 8.72. The average molecular weight is 242 g/mol. The third-order valence-electron chi connectivity index (χ3n) is 2.16. The molecular weight excluding hydrogens is 232 g/mol. The molecule has 0 fully saturated rings. The molecule has 0 unspecified atom stereocenters. The van der Waals surface area contributed by atoms with E-state index < -0.39 is 5.84 Å². The Labute approximate surface area is 102 Å². The maximum atomic E-state index is 8.72. The number of amidine groups is 1. The summed E-state index contributed by atoms with van der Waals surface area (Å²) in [6.07, 6.45) is 0. The van der Waals surface area contributed by atoms with Gasteiger partial charge in [0.05, 0.1) is 5.69 Å². The van der Waals surface area contributed by atoms with E-state index in [-0.39, 0.29) is 5.71 Å². The average Bonchev–Trinajstić information content (AvgIpc) is 2.70. The zero-order chi connectivity index (χ0) is 13.1. The summed E-state index contributed by atoms with van der Waals surface area (Å²) in [4.78, 5) is 1.44. The van der Waals surface area contributed by atoms with E-state index in [4.69, 9.17) is 16.4 Å². The number of nitriles is 1. The molecule has 0 spiro atoms. The zero-order valence-electron chi connectivity index (χ0n) is 9.55. The summed E-state index contributed by atoms with van der Waals surface area (Å²) >= 11 is 0. The van der Waals surface area contributed by atoms with Crippen molar-refractivity contribution in [1.29, 1.82) is 10.7 Å². The number of anilines is 1. The number of hydrazone groups is 1. The van der Waals surface area contributed by atoms with Crippen LogP contribution < -0.4 is 11.2 Å². The minimum absolute atomic E-state index is 0.184. The van der Waals surface area contributed by atoms with Crippen molar-refractivity contribution < 1.29 is 0 Å². The fourth-order valence-electron chi connectivity index (χ4n) is 1.39. The summed E-state index contributed by atoms with van der Waals surface area (Å²) < 4.78 is 0. The highest BCUT2D eigenvalue weighted by molar-refractivity contribution is 6.45. The van der Waals surface area contributed by atoms with Crippen molar-refractivity contribution in [3.8, 4) is 6.07 Å². The Morgan fingerprint density at radius 1 is 1.56 bits per heavy atom. The van der Waals surface area contributed by atoms with E-state index in [0.29, 0.717) is 16.7 Å². The smallest absolute Gasteiger partial charge is 0.201 e. The largest absolute Gasteiger partial charge is 0.382 e. The van der Waals surface area contributed by atoms with Crippen molar-refractivity contribution >= 4 is 28.3 Å². The minimum atomic E-state index is -0.392. The van der Waals surface area contributed by atoms with Crippen LogP contribution in [0.15, 0.2) is 23.3 Å². The van der Waals surface area contributed by atoms with E-state index in [1.807, 2.05) is 6.07 Å². The van der Waals surface area contributed by atoms with Gasteiger partial charge in [-0.15, -0.1) is 0 Å². The van der Waals surface area contributed by atoms with Crippen LogP contribution in [0.2, 0.25) is 0 Å². The number of hydrogen-bond donors (Lipinski definition) is 3. The molecule has 90 valence electrons. The maximum Gasteiger partial charge on any atom is 0.201 e. The van der Waals surface area contributed by atoms with Crippen LogP contribution in [0.3, 0.4) is 0 Å². The monoisotopic (exact) mass is 242 g/mol. The van der Waals surface area contributed by atoms with Gasteiger partial charge in [0, 0.05) is 7.05 Å². The standard InChI is InChI=1S/C10H10N8/c1-18-16-7-4-2-3-6(9(7)17-18)14-15-8(5-11)10(12)13/h2-4,14H,1H3,(H3,12,13)/b15-8+. The Balaban J connectivity index is 2.38. The van der Waals surface area contributed by atoms with E-state index >= 15 is 0 Å². The van der Waals surface area contributed by atoms with E-state index in [1.165, 1.54) is 4.80 Å². The van der Waals surface area contributed by atoms with E-state index in [2.05, 4.69) is 20.7 Å². The molecule has 8 nitrogen and oxygen atoms in total. The molecule has 1 heterocycles. The first kappa shape index (κ1) is 11.5. The number of benzene rings is 1. The molecule has 0 bridgehead atoms. The van der Waals surface area contributed by atoms with Crippen molar-refractivity contribution in [3.63, 3.8) is 0 Å². The van der Waals surface area contributed by atoms with Crippen molar-refractivity contribution in [2.24, 2.45) is 17.9 Å². The summed E-state index contributed by atoms with van der Waals surface area (Å²) in [5.41, 5.74) is 9.59. The lowest BCUT2D eigenvalue weighted by molar-refractivity contribution is 0.665. The van der Waals surface area contributed by atoms with Crippen molar-refractivity contribution in [3.05, 3.63) is 18.2 Å². The summed E-state index contributed by atoms with van der Waals surface area (Å²) in [6, 6.07) is 7.07. The van der Waals surface area contributed by atoms with Gasteiger partial charge in [-0.3, -0.25) is 10.8 Å². The fourth-order valence-corrected chi connectivity index (χ4v) is 1.39. The molecule has 0 saturated carbocycles. The van der Waals surface area contributed by atoms with E-state index in [0.717, 1.165) is 0 Å². The highest BCUT2D eigenvalue weighted by atomic mass is 15.5. The molecule has 1 aromatic carbocycles. The van der Waals surface area contributed by atoms with Gasteiger partial charge in [0.1, 0.15) is 17.1 Å². The van der Waals surface area contributed by atoms with Gasteiger partial charge < -0.3 is 5.73 Å². The summed E-state index contributed by atoms with van der Waals surface area (Å²) in [6.45, 7) is 0. The lowest BCUT2D eigenvalue weighted by Gasteiger charge is -2.00. The molecule has 4 N–H and O–H groups in total. The van der Waals surface area contributed by atoms with Gasteiger partial charge >= 0.3 is 0 Å². The highest BCUT2D eigenvalue weighted by Gasteiger charge is 2.06. The predicted octanol–water partition coefficient (Wildman–Crippen LogP) is 0.196. The molecule has 18 heavy (non-hydrogen) atoms. The Bertz CT molecular complexity index is 675. The van der Waals surface area contributed by atoms with Crippen LogP contribution in [0.25, 0.3) is 11.0 Å². The number of fused-ring (bicyclic) bond motifs is 1. The van der Waals surface area contributed by atoms with Crippen LogP contribution in [0.1, 0.15) is 0 Å². The van der Waals surface area contributed by atoms with Crippen LogP contribution in [-0.4, -0.2) is 26.5 Å². The fraction of sp³-hybridized carbons (Fsp3) is 0.100. The molecule has 2 aromatic rings. The van der Waals surface area contributed by atoms with Crippen molar-refractivity contribution in [2.45, 2.75) is 0 Å². The lowest BCUT2D eigenvalue weighted by Crippen LogP contribution is -2.21. The molecule has 0 aliphatic heterocycles. The van der Waals surface area contributed by atoms with Gasteiger partial charge in [0.2, 0.25) is 5.71 Å². The molecule has 0 saturated heterocycles. The molecule has 1 aromatic heterocycles. The number of rotatable bonds is 3. The minimum Gasteiger partial charge on any atom is -0.382 e. The first-order valence-electron chi connectivity index (χ1n) is 5.00. The van der Waals surface area contributed by atoms with Crippen LogP contribution in [0.5, 0.6) is 0 Å². The molecule has 0 amide bonds. The number of nitrogens with two attached hydrogens (primary N) is 1. The number of aromatic nitrogens is 3. The molecule has 0 radical (unpaired) electrons. The third-order valence-corrected chi connectivity index (χ3v) is 2.16. The van der Waals surface area contributed by atoms with Gasteiger partial charge in [-0.25, -0.2) is 0 Å². The zero-order valence-corrected chi connectivity index (χ0v) is 9.55. The summed E-state index contributed by atoms with van der Waals surface area (Å²) in [5.74, 6) is -0.392. The second-order valence-electron chi connectivity index (χ2n) is 3.46. The first-order chi connectivity index (χ1) is 8.61. The van der Waals surface area contributed by atoms with Gasteiger partial charge in [0.25, 0.3) is 0 Å². The Hall–Kier alpha value is -2.95. The quantitative estimate of drug-likeness (QED) is 0.402. The molecule has 0 aliphatic carbocycles. The topological polar surface area (TPSA) is 129 Å². The second kappa shape index (κ2) is 4.50. The van der Waals surface area contributed by atoms with Gasteiger partial charge in [0.15, 0.2) is 5.84 Å². The van der Waals surface area contributed by atoms with Gasteiger partial charge in [-0.2, -0.15) is 25.4 Å². The Morgan fingerprint density at radius 2 is 2.33 bits per heavy atom. The van der Waals surface area contributed by atoms with Crippen molar-refractivity contribution in [1.82, 2.24) is 15.0 Å². The number of nitrogens with zero attached hydrogens (tertiary/aromatic N) is 5. The Morgan fingerprint density at radius 3 is 3.00 bits per heavy atom. The number of hydrogen-bond acceptors (Lipinski definition) is 6. The first-order valence-corrected chi connectivity index (χ1v) is 5.00. The van der Waals surface area contributed by atoms with Crippen molar-refractivity contribution in [2.75, 3.05) is 5.43 Å². The molecule has 2 rings (SSSR count). The van der Waals surface area contributed by atoms with Crippen LogP contribution in [0.4, 0.5) is 5.69 Å². The summed E-state index contributed by atoms with van der Waals surface area (Å²) in [5, 5.41) is 27.9. The van der Waals surface area contributed by atoms with Gasteiger partial charge in [-0.1, -0.05) is 6.07 Å². The van der Waals surface area contributed by atoms with E-state index in [9.17, 15) is 0 Å². The van der Waals surface area contributed by atoms with E-state index in [1.54, 1.807) is 25.2 Å². The Kier molecular flexibility index (Phi) is 2.89. The number of nitrogens with one attached hydrogen (secondary N) is 2. The van der Waals surface area contributed by atoms with Crippen LogP contribution in [-0.2, 0) is 7.05 Å². The highest BCUT2D eigenvalue weighted by Crippen LogP contribution is 2.19. The molecule has 0 aliphatic rings. The molecular formula is C10H10N8. The van der Waals surface area contributed by atoms with Gasteiger partial charge in [-0.05, 0) is 12.1 Å². The second-order valence-corrected chi connectivity index (χ2v) is 3.46.